The van der Waals surface area contributed by atoms with Crippen LogP contribution >= 0.6 is 0 Å². The number of hydrogen-bond donors (Lipinski definition) is 1. The Morgan fingerprint density at radius 1 is 1.29 bits per heavy atom. The Bertz CT molecular complexity index is 929. The number of ether oxygens (including phenoxy) is 1. The molecule has 1 aromatic carbocycles. The Kier molecular flexibility index (Phi) is 4.30. The zero-order chi connectivity index (χ0) is 17.1. The van der Waals surface area contributed by atoms with Gasteiger partial charge < -0.3 is 18.8 Å². The first-order valence-electron chi connectivity index (χ1n) is 7.17. The number of hydrogen-bond acceptors (Lipinski definition) is 6. The highest BCUT2D eigenvalue weighted by Crippen LogP contribution is 2.25. The molecule has 0 amide bonds. The molecule has 0 radical (unpaired) electrons. The van der Waals surface area contributed by atoms with Gasteiger partial charge in [0.1, 0.15) is 18.3 Å². The number of furan rings is 1. The van der Waals surface area contributed by atoms with E-state index in [-0.39, 0.29) is 30.1 Å². The maximum atomic E-state index is 12.2. The monoisotopic (exact) mass is 330 g/mol. The molecule has 24 heavy (non-hydrogen) atoms. The Morgan fingerprint density at radius 2 is 2.08 bits per heavy atom. The first kappa shape index (κ1) is 15.8. The summed E-state index contributed by atoms with van der Waals surface area (Å²) < 4.78 is 11.8. The number of rotatable bonds is 6. The highest BCUT2D eigenvalue weighted by Gasteiger charge is 2.16. The molecule has 0 saturated carbocycles. The van der Waals surface area contributed by atoms with E-state index >= 15 is 0 Å². The molecule has 0 spiro atoms. The van der Waals surface area contributed by atoms with Gasteiger partial charge in [-0.05, 0) is 18.2 Å². The van der Waals surface area contributed by atoms with Crippen LogP contribution in [0.25, 0.3) is 11.0 Å². The molecule has 0 aliphatic rings. The minimum Gasteiger partial charge on any atom is -0.484 e. The number of aliphatic hydroxyl groups is 1. The summed E-state index contributed by atoms with van der Waals surface area (Å²) in [5, 5.41) is 21.4. The first-order chi connectivity index (χ1) is 11.6. The van der Waals surface area contributed by atoms with Crippen molar-refractivity contribution in [3.8, 4) is 5.75 Å². The van der Waals surface area contributed by atoms with E-state index in [1.54, 1.807) is 18.2 Å². The van der Waals surface area contributed by atoms with Gasteiger partial charge in [0.05, 0.1) is 23.1 Å². The van der Waals surface area contributed by atoms with Crippen molar-refractivity contribution in [1.82, 2.24) is 4.57 Å². The fraction of sp³-hybridized carbons (Fsp3) is 0.188. The van der Waals surface area contributed by atoms with Crippen LogP contribution < -0.4 is 10.3 Å². The third-order valence-electron chi connectivity index (χ3n) is 3.49. The van der Waals surface area contributed by atoms with Crippen molar-refractivity contribution < 1.29 is 19.2 Å². The van der Waals surface area contributed by atoms with E-state index in [1.807, 2.05) is 0 Å². The van der Waals surface area contributed by atoms with Gasteiger partial charge in [-0.25, -0.2) is 0 Å². The molecule has 2 aromatic heterocycles. The zero-order valence-corrected chi connectivity index (χ0v) is 12.5. The summed E-state index contributed by atoms with van der Waals surface area (Å²) in [4.78, 5) is 22.6. The van der Waals surface area contributed by atoms with Crippen LogP contribution in [0.3, 0.4) is 0 Å². The van der Waals surface area contributed by atoms with E-state index in [4.69, 9.17) is 9.15 Å². The van der Waals surface area contributed by atoms with Crippen LogP contribution in [-0.2, 0) is 6.54 Å². The van der Waals surface area contributed by atoms with Crippen LogP contribution in [0.5, 0.6) is 5.75 Å². The number of aromatic nitrogens is 1. The molecule has 0 unspecified atom stereocenters. The number of nitro groups is 1. The van der Waals surface area contributed by atoms with Gasteiger partial charge in [0.2, 0.25) is 0 Å². The number of benzene rings is 1. The third kappa shape index (κ3) is 3.13. The summed E-state index contributed by atoms with van der Waals surface area (Å²) in [6.07, 6.45) is 1.93. The maximum Gasteiger partial charge on any atom is 0.310 e. The zero-order valence-electron chi connectivity index (χ0n) is 12.5. The van der Waals surface area contributed by atoms with Gasteiger partial charge in [0.15, 0.2) is 5.75 Å². The van der Waals surface area contributed by atoms with Crippen molar-refractivity contribution in [2.45, 2.75) is 12.6 Å². The molecule has 2 heterocycles. The number of aliphatic hydroxyl groups excluding tert-OH is 1. The van der Waals surface area contributed by atoms with E-state index in [2.05, 4.69) is 0 Å². The smallest absolute Gasteiger partial charge is 0.310 e. The Balaban J connectivity index is 1.69. The van der Waals surface area contributed by atoms with Crippen LogP contribution in [0.1, 0.15) is 0 Å². The minimum atomic E-state index is -1.01. The fourth-order valence-corrected chi connectivity index (χ4v) is 2.35. The van der Waals surface area contributed by atoms with Gasteiger partial charge in [-0.15, -0.1) is 0 Å². The second-order valence-electron chi connectivity index (χ2n) is 5.16. The molecule has 0 fully saturated rings. The molecule has 3 aromatic rings. The predicted molar refractivity (Wildman–Crippen MR) is 85.1 cm³/mol. The van der Waals surface area contributed by atoms with E-state index in [0.29, 0.717) is 11.0 Å². The van der Waals surface area contributed by atoms with E-state index < -0.39 is 11.0 Å². The Labute approximate surface area is 135 Å². The van der Waals surface area contributed by atoms with Gasteiger partial charge >= 0.3 is 5.69 Å². The lowest BCUT2D eigenvalue weighted by Gasteiger charge is -2.14. The average molecular weight is 330 g/mol. The molecule has 0 saturated heterocycles. The topological polar surface area (TPSA) is 108 Å². The van der Waals surface area contributed by atoms with E-state index in [0.717, 1.165) is 0 Å². The molecular weight excluding hydrogens is 316 g/mol. The van der Waals surface area contributed by atoms with Crippen molar-refractivity contribution >= 4 is 16.7 Å². The number of fused-ring (bicyclic) bond motifs is 1. The quantitative estimate of drug-likeness (QED) is 0.546. The number of para-hydroxylation sites is 2. The molecule has 0 aliphatic carbocycles. The first-order valence-corrected chi connectivity index (χ1v) is 7.17. The molecule has 124 valence electrons. The van der Waals surface area contributed by atoms with Crippen LogP contribution in [0.4, 0.5) is 5.69 Å². The average Bonchev–Trinajstić information content (AvgIpc) is 3.05. The van der Waals surface area contributed by atoms with Crippen LogP contribution in [-0.4, -0.2) is 27.3 Å². The lowest BCUT2D eigenvalue weighted by molar-refractivity contribution is -0.385. The summed E-state index contributed by atoms with van der Waals surface area (Å²) in [6.45, 7) is -0.179. The van der Waals surface area contributed by atoms with Crippen molar-refractivity contribution in [3.05, 3.63) is 69.3 Å². The lowest BCUT2D eigenvalue weighted by Crippen LogP contribution is -2.29. The lowest BCUT2D eigenvalue weighted by atomic mass is 10.3. The van der Waals surface area contributed by atoms with Crippen LogP contribution in [0, 0.1) is 10.1 Å². The SMILES string of the molecule is O=c1c2ccoc2ccn1C[C@H](O)COc1ccccc1[N+](=O)[O-]. The second-order valence-corrected chi connectivity index (χ2v) is 5.16. The van der Waals surface area contributed by atoms with Gasteiger partial charge in [0.25, 0.3) is 5.56 Å². The second kappa shape index (κ2) is 6.55. The van der Waals surface area contributed by atoms with Gasteiger partial charge in [-0.3, -0.25) is 14.9 Å². The van der Waals surface area contributed by atoms with Gasteiger partial charge in [0, 0.05) is 12.3 Å². The maximum absolute atomic E-state index is 12.2. The summed E-state index contributed by atoms with van der Waals surface area (Å²) in [7, 11) is 0. The standard InChI is InChI=1S/C16H14N2O6/c19-11(10-24-15-4-2-1-3-13(15)18(21)22)9-17-7-5-14-12(16(17)20)6-8-23-14/h1-8,11,19H,9-10H2/t11-/m0/s1. The molecule has 8 heteroatoms. The van der Waals surface area contributed by atoms with E-state index in [1.165, 1.54) is 35.2 Å². The van der Waals surface area contributed by atoms with Crippen molar-refractivity contribution in [1.29, 1.82) is 0 Å². The number of nitrogens with zero attached hydrogens (tertiary/aromatic N) is 2. The molecule has 0 bridgehead atoms. The molecule has 3 rings (SSSR count). The highest BCUT2D eigenvalue weighted by atomic mass is 16.6. The van der Waals surface area contributed by atoms with E-state index in [9.17, 15) is 20.0 Å². The normalized spacial score (nSPS) is 12.2. The summed E-state index contributed by atoms with van der Waals surface area (Å²) >= 11 is 0. The van der Waals surface area contributed by atoms with Gasteiger partial charge in [-0.1, -0.05) is 12.1 Å². The van der Waals surface area contributed by atoms with Gasteiger partial charge in [-0.2, -0.15) is 0 Å². The third-order valence-corrected chi connectivity index (χ3v) is 3.49. The van der Waals surface area contributed by atoms with Crippen LogP contribution in [0.15, 0.2) is 58.1 Å². The fourth-order valence-electron chi connectivity index (χ4n) is 2.35. The van der Waals surface area contributed by atoms with Crippen LogP contribution in [0.2, 0.25) is 0 Å². The molecule has 1 N–H and O–H groups in total. The Morgan fingerprint density at radius 3 is 2.88 bits per heavy atom. The molecule has 0 aliphatic heterocycles. The molecular formula is C16H14N2O6. The van der Waals surface area contributed by atoms with Crippen molar-refractivity contribution in [2.75, 3.05) is 6.61 Å². The van der Waals surface area contributed by atoms with Crippen molar-refractivity contribution in [3.63, 3.8) is 0 Å². The molecule has 8 nitrogen and oxygen atoms in total. The summed E-state index contributed by atoms with van der Waals surface area (Å²) in [5.74, 6) is 0.0687. The Hall–Kier alpha value is -3.13. The molecule has 1 atom stereocenters. The van der Waals surface area contributed by atoms with Crippen molar-refractivity contribution in [2.24, 2.45) is 0 Å². The number of nitro benzene ring substituents is 1. The largest absolute Gasteiger partial charge is 0.484 e. The minimum absolute atomic E-state index is 0.000580. The summed E-state index contributed by atoms with van der Waals surface area (Å²) in [6, 6.07) is 9.09. The number of pyridine rings is 1. The summed E-state index contributed by atoms with van der Waals surface area (Å²) in [5.41, 5.74) is 0.00887. The highest BCUT2D eigenvalue weighted by molar-refractivity contribution is 5.75. The predicted octanol–water partition coefficient (Wildman–Crippen LogP) is 1.94.